The number of carbonyl (C=O) groups excluding carboxylic acids is 2. The topological polar surface area (TPSA) is 116 Å². The van der Waals surface area contributed by atoms with Crippen LogP contribution in [0.25, 0.3) is 11.0 Å². The van der Waals surface area contributed by atoms with Crippen LogP contribution in [0.4, 0.5) is 5.69 Å². The molecule has 0 spiro atoms. The number of amides is 1. The molecule has 0 saturated carbocycles. The molecule has 0 aliphatic rings. The van der Waals surface area contributed by atoms with E-state index in [1.165, 1.54) is 16.5 Å². The Hall–Kier alpha value is -3.47. The molecule has 2 heterocycles. The van der Waals surface area contributed by atoms with Crippen LogP contribution in [0.1, 0.15) is 26.6 Å². The number of esters is 1. The van der Waals surface area contributed by atoms with Crippen LogP contribution < -0.4 is 16.1 Å². The SMILES string of the molecule is CCOC(=O)CN(C(=O)CSc1nc(C)nc2c1c(=O)n(C)c(=O)n2CC(C)C)c1ccccc1. The second-order valence-electron chi connectivity index (χ2n) is 8.33. The molecule has 1 aromatic carbocycles. The Morgan fingerprint density at radius 1 is 1.14 bits per heavy atom. The minimum Gasteiger partial charge on any atom is -0.465 e. The lowest BCUT2D eigenvalue weighted by molar-refractivity contribution is -0.142. The lowest BCUT2D eigenvalue weighted by atomic mass is 10.2. The molecule has 11 heteroatoms. The van der Waals surface area contributed by atoms with Crippen LogP contribution in [0.5, 0.6) is 0 Å². The standard InChI is InChI=1S/C24H29N5O5S/c1-6-34-19(31)13-28(17-10-8-7-9-11-17)18(30)14-35-22-20-21(25-16(4)26-22)29(12-15(2)3)24(33)27(5)23(20)32/h7-11,15H,6,12-14H2,1-5H3. The molecule has 3 rings (SSSR count). The molecule has 0 bridgehead atoms. The Kier molecular flexibility index (Phi) is 8.44. The normalized spacial score (nSPS) is 11.1. The molecule has 0 fully saturated rings. The molecule has 3 aromatic rings. The number of thioether (sulfide) groups is 1. The van der Waals surface area contributed by atoms with Crippen LogP contribution >= 0.6 is 11.8 Å². The summed E-state index contributed by atoms with van der Waals surface area (Å²) < 4.78 is 7.53. The van der Waals surface area contributed by atoms with Crippen LogP contribution in [-0.4, -0.2) is 49.9 Å². The molecule has 0 aliphatic carbocycles. The summed E-state index contributed by atoms with van der Waals surface area (Å²) >= 11 is 1.07. The monoisotopic (exact) mass is 499 g/mol. The van der Waals surface area contributed by atoms with Gasteiger partial charge in [0.15, 0.2) is 5.65 Å². The Morgan fingerprint density at radius 3 is 2.46 bits per heavy atom. The second-order valence-corrected chi connectivity index (χ2v) is 9.30. The van der Waals surface area contributed by atoms with Crippen molar-refractivity contribution >= 4 is 40.4 Å². The van der Waals surface area contributed by atoms with Gasteiger partial charge in [-0.15, -0.1) is 0 Å². The van der Waals surface area contributed by atoms with E-state index in [4.69, 9.17) is 4.74 Å². The number of rotatable bonds is 9. The second kappa shape index (κ2) is 11.3. The summed E-state index contributed by atoms with van der Waals surface area (Å²) in [5.74, 6) is -0.449. The molecule has 0 aliphatic heterocycles. The van der Waals surface area contributed by atoms with Gasteiger partial charge in [0.25, 0.3) is 5.56 Å². The maximum absolute atomic E-state index is 13.2. The number of hydrogen-bond acceptors (Lipinski definition) is 8. The number of aryl methyl sites for hydroxylation is 1. The molecular formula is C24H29N5O5S. The van der Waals surface area contributed by atoms with Crippen LogP contribution in [0, 0.1) is 12.8 Å². The van der Waals surface area contributed by atoms with E-state index in [2.05, 4.69) is 9.97 Å². The first kappa shape index (κ1) is 26.1. The van der Waals surface area contributed by atoms with Crippen molar-refractivity contribution in [2.45, 2.75) is 39.3 Å². The highest BCUT2D eigenvalue weighted by Crippen LogP contribution is 2.24. The molecular weight excluding hydrogens is 470 g/mol. The largest absolute Gasteiger partial charge is 0.465 e. The van der Waals surface area contributed by atoms with Crippen LogP contribution in [0.15, 0.2) is 44.9 Å². The van der Waals surface area contributed by atoms with E-state index in [-0.39, 0.29) is 41.8 Å². The Bertz CT molecular complexity index is 1350. The number of hydrogen-bond donors (Lipinski definition) is 0. The van der Waals surface area contributed by atoms with Gasteiger partial charge in [-0.3, -0.25) is 23.5 Å². The van der Waals surface area contributed by atoms with Crippen LogP contribution in [0.2, 0.25) is 0 Å². The molecule has 0 atom stereocenters. The number of para-hydroxylation sites is 1. The highest BCUT2D eigenvalue weighted by molar-refractivity contribution is 8.00. The summed E-state index contributed by atoms with van der Waals surface area (Å²) in [6.07, 6.45) is 0. The van der Waals surface area contributed by atoms with Gasteiger partial charge in [0.1, 0.15) is 22.8 Å². The average molecular weight is 500 g/mol. The zero-order chi connectivity index (χ0) is 25.7. The summed E-state index contributed by atoms with van der Waals surface area (Å²) in [6, 6.07) is 8.81. The molecule has 0 unspecified atom stereocenters. The smallest absolute Gasteiger partial charge is 0.332 e. The van der Waals surface area contributed by atoms with E-state index in [0.717, 1.165) is 16.3 Å². The van der Waals surface area contributed by atoms with Crippen molar-refractivity contribution in [3.05, 3.63) is 57.0 Å². The van der Waals surface area contributed by atoms with Gasteiger partial charge in [-0.2, -0.15) is 0 Å². The fourth-order valence-corrected chi connectivity index (χ4v) is 4.49. The van der Waals surface area contributed by atoms with E-state index >= 15 is 0 Å². The predicted octanol–water partition coefficient (Wildman–Crippen LogP) is 2.14. The zero-order valence-electron chi connectivity index (χ0n) is 20.5. The number of ether oxygens (including phenoxy) is 1. The molecule has 0 radical (unpaired) electrons. The summed E-state index contributed by atoms with van der Waals surface area (Å²) in [7, 11) is 1.41. The summed E-state index contributed by atoms with van der Waals surface area (Å²) in [6.45, 7) is 7.65. The molecule has 2 aromatic heterocycles. The van der Waals surface area contributed by atoms with Crippen molar-refractivity contribution in [1.82, 2.24) is 19.1 Å². The minimum atomic E-state index is -0.524. The molecule has 0 saturated heterocycles. The van der Waals surface area contributed by atoms with Crippen molar-refractivity contribution in [3.8, 4) is 0 Å². The third-order valence-electron chi connectivity index (χ3n) is 5.10. The first-order chi connectivity index (χ1) is 16.6. The Balaban J connectivity index is 2.00. The summed E-state index contributed by atoms with van der Waals surface area (Å²) in [4.78, 5) is 61.3. The number of aromatic nitrogens is 4. The van der Waals surface area contributed by atoms with Gasteiger partial charge in [-0.05, 0) is 31.9 Å². The number of nitrogens with zero attached hydrogens (tertiary/aromatic N) is 5. The van der Waals surface area contributed by atoms with Gasteiger partial charge < -0.3 is 9.64 Å². The number of fused-ring (bicyclic) bond motifs is 1. The third-order valence-corrected chi connectivity index (χ3v) is 6.06. The fourth-order valence-electron chi connectivity index (χ4n) is 3.55. The van der Waals surface area contributed by atoms with Gasteiger partial charge in [0.05, 0.1) is 12.4 Å². The van der Waals surface area contributed by atoms with Crippen LogP contribution in [0.3, 0.4) is 0 Å². The quantitative estimate of drug-likeness (QED) is 0.250. The van der Waals surface area contributed by atoms with Crippen molar-refractivity contribution < 1.29 is 14.3 Å². The number of carbonyl (C=O) groups is 2. The van der Waals surface area contributed by atoms with Crippen molar-refractivity contribution in [2.24, 2.45) is 13.0 Å². The van der Waals surface area contributed by atoms with E-state index in [9.17, 15) is 19.2 Å². The first-order valence-corrected chi connectivity index (χ1v) is 12.2. The van der Waals surface area contributed by atoms with Crippen molar-refractivity contribution in [1.29, 1.82) is 0 Å². The van der Waals surface area contributed by atoms with Gasteiger partial charge in [0, 0.05) is 19.3 Å². The Morgan fingerprint density at radius 2 is 1.83 bits per heavy atom. The molecule has 35 heavy (non-hydrogen) atoms. The van der Waals surface area contributed by atoms with Crippen LogP contribution in [-0.2, 0) is 27.9 Å². The van der Waals surface area contributed by atoms with Crippen molar-refractivity contribution in [3.63, 3.8) is 0 Å². The van der Waals surface area contributed by atoms with Crippen molar-refractivity contribution in [2.75, 3.05) is 23.8 Å². The molecule has 10 nitrogen and oxygen atoms in total. The molecule has 186 valence electrons. The van der Waals surface area contributed by atoms with E-state index in [0.29, 0.717) is 23.1 Å². The highest BCUT2D eigenvalue weighted by atomic mass is 32.2. The van der Waals surface area contributed by atoms with E-state index in [1.54, 1.807) is 38.1 Å². The number of benzene rings is 1. The Labute approximate surface area is 206 Å². The summed E-state index contributed by atoms with van der Waals surface area (Å²) in [5, 5.41) is 0.496. The maximum atomic E-state index is 13.2. The van der Waals surface area contributed by atoms with E-state index < -0.39 is 17.2 Å². The summed E-state index contributed by atoms with van der Waals surface area (Å²) in [5.41, 5.74) is -0.172. The zero-order valence-corrected chi connectivity index (χ0v) is 21.3. The first-order valence-electron chi connectivity index (χ1n) is 11.3. The molecule has 0 N–H and O–H groups in total. The third kappa shape index (κ3) is 5.97. The number of anilines is 1. The maximum Gasteiger partial charge on any atom is 0.332 e. The van der Waals surface area contributed by atoms with E-state index in [1.807, 2.05) is 19.9 Å². The minimum absolute atomic E-state index is 0.0910. The van der Waals surface area contributed by atoms with Gasteiger partial charge in [0.2, 0.25) is 5.91 Å². The van der Waals surface area contributed by atoms with Gasteiger partial charge in [-0.25, -0.2) is 14.8 Å². The molecule has 1 amide bonds. The fraction of sp³-hybridized carbons (Fsp3) is 0.417. The lowest BCUT2D eigenvalue weighted by Crippen LogP contribution is -2.40. The van der Waals surface area contributed by atoms with Gasteiger partial charge >= 0.3 is 11.7 Å². The average Bonchev–Trinajstić information content (AvgIpc) is 2.82. The lowest BCUT2D eigenvalue weighted by Gasteiger charge is -2.22. The predicted molar refractivity (Wildman–Crippen MR) is 135 cm³/mol. The highest BCUT2D eigenvalue weighted by Gasteiger charge is 2.23. The van der Waals surface area contributed by atoms with Gasteiger partial charge in [-0.1, -0.05) is 43.8 Å².